The van der Waals surface area contributed by atoms with Crippen molar-refractivity contribution in [1.29, 1.82) is 5.26 Å². The van der Waals surface area contributed by atoms with Gasteiger partial charge in [-0.25, -0.2) is 0 Å². The van der Waals surface area contributed by atoms with E-state index in [9.17, 15) is 10.4 Å². The Balaban J connectivity index is 2.23. The Morgan fingerprint density at radius 1 is 1.50 bits per heavy atom. The van der Waals surface area contributed by atoms with Gasteiger partial charge in [0.05, 0.1) is 13.0 Å². The second-order valence-corrected chi connectivity index (χ2v) is 4.92. The molecule has 1 aliphatic heterocycles. The van der Waals surface area contributed by atoms with Crippen molar-refractivity contribution in [1.82, 2.24) is 10.2 Å². The molecule has 1 aliphatic rings. The molecule has 0 saturated carbocycles. The van der Waals surface area contributed by atoms with E-state index in [-0.39, 0.29) is 11.6 Å². The second-order valence-electron chi connectivity index (χ2n) is 4.92. The molecule has 0 spiro atoms. The Bertz CT molecular complexity index is 817. The molecule has 0 bridgehead atoms. The molecule has 7 nitrogen and oxygen atoms in total. The van der Waals surface area contributed by atoms with Crippen LogP contribution in [0.1, 0.15) is 22.7 Å². The van der Waals surface area contributed by atoms with Crippen LogP contribution >= 0.6 is 0 Å². The minimum absolute atomic E-state index is 0.0258. The summed E-state index contributed by atoms with van der Waals surface area (Å²) >= 11 is 0. The molecule has 22 heavy (non-hydrogen) atoms. The number of phenolic OH excluding ortho intramolecular Hbond substituents is 1. The lowest BCUT2D eigenvalue weighted by atomic mass is 9.84. The molecule has 0 saturated heterocycles. The van der Waals surface area contributed by atoms with Gasteiger partial charge in [-0.2, -0.15) is 5.26 Å². The fourth-order valence-corrected chi connectivity index (χ4v) is 2.61. The van der Waals surface area contributed by atoms with Gasteiger partial charge in [0, 0.05) is 11.3 Å². The van der Waals surface area contributed by atoms with E-state index < -0.39 is 5.92 Å². The Morgan fingerprint density at radius 3 is 2.95 bits per heavy atom. The molecule has 2 aromatic rings. The normalized spacial score (nSPS) is 16.7. The van der Waals surface area contributed by atoms with Crippen molar-refractivity contribution in [2.24, 2.45) is 5.73 Å². The maximum atomic E-state index is 9.75. The fraction of sp³-hybridized carbons (Fsp3) is 0.200. The van der Waals surface area contributed by atoms with Gasteiger partial charge in [-0.3, -0.25) is 5.10 Å². The summed E-state index contributed by atoms with van der Waals surface area (Å²) in [5.74, 6) is 0.298. The number of hydrogen-bond donors (Lipinski definition) is 3. The predicted molar refractivity (Wildman–Crippen MR) is 77.3 cm³/mol. The van der Waals surface area contributed by atoms with Gasteiger partial charge in [-0.1, -0.05) is 6.07 Å². The lowest BCUT2D eigenvalue weighted by Crippen LogP contribution is -2.21. The Labute approximate surface area is 126 Å². The summed E-state index contributed by atoms with van der Waals surface area (Å²) in [6, 6.07) is 7.00. The largest absolute Gasteiger partial charge is 0.504 e. The quantitative estimate of drug-likeness (QED) is 0.776. The van der Waals surface area contributed by atoms with Crippen molar-refractivity contribution < 1.29 is 14.6 Å². The van der Waals surface area contributed by atoms with Crippen molar-refractivity contribution in [3.8, 4) is 23.4 Å². The topological polar surface area (TPSA) is 117 Å². The number of nitrogens with zero attached hydrogens (tertiary/aromatic N) is 2. The maximum absolute atomic E-state index is 9.75. The number of nitriles is 1. The first-order valence-electron chi connectivity index (χ1n) is 6.56. The summed E-state index contributed by atoms with van der Waals surface area (Å²) in [5.41, 5.74) is 8.42. The molecule has 3 rings (SSSR count). The molecule has 0 fully saturated rings. The zero-order valence-electron chi connectivity index (χ0n) is 12.0. The maximum Gasteiger partial charge on any atom is 0.244 e. The third-order valence-corrected chi connectivity index (χ3v) is 3.67. The highest BCUT2D eigenvalue weighted by Crippen LogP contribution is 2.44. The number of aryl methyl sites for hydroxylation is 1. The van der Waals surface area contributed by atoms with Gasteiger partial charge in [0.1, 0.15) is 11.6 Å². The molecule has 1 aromatic heterocycles. The molecule has 0 aliphatic carbocycles. The Hall–Kier alpha value is -3.14. The van der Waals surface area contributed by atoms with Crippen LogP contribution in [0.15, 0.2) is 29.7 Å². The van der Waals surface area contributed by atoms with Gasteiger partial charge in [-0.15, -0.1) is 5.10 Å². The average Bonchev–Trinajstić information content (AvgIpc) is 2.87. The molecule has 4 N–H and O–H groups in total. The zero-order valence-corrected chi connectivity index (χ0v) is 12.0. The van der Waals surface area contributed by atoms with Crippen molar-refractivity contribution in [3.05, 3.63) is 46.5 Å². The van der Waals surface area contributed by atoms with E-state index >= 15 is 0 Å². The summed E-state index contributed by atoms with van der Waals surface area (Å²) in [7, 11) is 1.47. The van der Waals surface area contributed by atoms with Crippen LogP contribution in [0.3, 0.4) is 0 Å². The van der Waals surface area contributed by atoms with Gasteiger partial charge in [0.25, 0.3) is 0 Å². The highest BCUT2D eigenvalue weighted by Gasteiger charge is 2.34. The number of ether oxygens (including phenoxy) is 2. The minimum atomic E-state index is -0.429. The number of aromatic nitrogens is 2. The first kappa shape index (κ1) is 13.8. The van der Waals surface area contributed by atoms with Crippen molar-refractivity contribution >= 4 is 0 Å². The molecule has 0 unspecified atom stereocenters. The first-order chi connectivity index (χ1) is 10.6. The number of phenols is 1. The van der Waals surface area contributed by atoms with Crippen molar-refractivity contribution in [3.63, 3.8) is 0 Å². The number of allylic oxidation sites excluding steroid dienone is 1. The number of nitrogens with two attached hydrogens (primary N) is 1. The number of fused-ring (bicyclic) bond motifs is 1. The standard InChI is InChI=1S/C15H14N4O3/c1-7-12-13(8-3-4-10(20)11(5-8)21-2)9(6-16)14(17)22-15(12)19-18-7/h3-5,13,20H,17H2,1-2H3,(H,18,19)/t13-/m0/s1. The van der Waals surface area contributed by atoms with Crippen molar-refractivity contribution in [2.45, 2.75) is 12.8 Å². The Morgan fingerprint density at radius 2 is 2.27 bits per heavy atom. The monoisotopic (exact) mass is 298 g/mol. The van der Waals surface area contributed by atoms with Crippen LogP contribution in [0.2, 0.25) is 0 Å². The molecule has 112 valence electrons. The summed E-state index contributed by atoms with van der Waals surface area (Å²) in [6.07, 6.45) is 0. The first-order valence-corrected chi connectivity index (χ1v) is 6.56. The zero-order chi connectivity index (χ0) is 15.9. The summed E-state index contributed by atoms with van der Waals surface area (Å²) in [4.78, 5) is 0. The fourth-order valence-electron chi connectivity index (χ4n) is 2.61. The predicted octanol–water partition coefficient (Wildman–Crippen LogP) is 1.65. The van der Waals surface area contributed by atoms with E-state index in [2.05, 4.69) is 16.3 Å². The molecule has 1 aromatic carbocycles. The number of rotatable bonds is 2. The smallest absolute Gasteiger partial charge is 0.244 e. The van der Waals surface area contributed by atoms with E-state index in [4.69, 9.17) is 15.2 Å². The number of hydrogen-bond acceptors (Lipinski definition) is 6. The molecular weight excluding hydrogens is 284 g/mol. The van der Waals surface area contributed by atoms with Crippen LogP contribution in [0.25, 0.3) is 0 Å². The van der Waals surface area contributed by atoms with E-state index in [0.717, 1.165) is 16.8 Å². The van der Waals surface area contributed by atoms with Gasteiger partial charge in [-0.05, 0) is 24.6 Å². The highest BCUT2D eigenvalue weighted by atomic mass is 16.5. The van der Waals surface area contributed by atoms with Crippen LogP contribution in [0.4, 0.5) is 0 Å². The molecule has 0 amide bonds. The van der Waals surface area contributed by atoms with E-state index in [1.165, 1.54) is 13.2 Å². The SMILES string of the molecule is COc1cc([C@H]2C(C#N)=C(N)Oc3n[nH]c(C)c32)ccc1O. The van der Waals surface area contributed by atoms with Crippen LogP contribution in [-0.4, -0.2) is 22.4 Å². The molecule has 1 atom stereocenters. The lowest BCUT2D eigenvalue weighted by molar-refractivity contribution is 0.371. The lowest BCUT2D eigenvalue weighted by Gasteiger charge is -2.24. The van der Waals surface area contributed by atoms with Gasteiger partial charge in [0.2, 0.25) is 11.8 Å². The molecule has 0 radical (unpaired) electrons. The van der Waals surface area contributed by atoms with Gasteiger partial charge >= 0.3 is 0 Å². The van der Waals surface area contributed by atoms with Crippen molar-refractivity contribution in [2.75, 3.05) is 7.11 Å². The van der Waals surface area contributed by atoms with Crippen LogP contribution in [0, 0.1) is 18.3 Å². The number of H-pyrrole nitrogens is 1. The third-order valence-electron chi connectivity index (χ3n) is 3.67. The minimum Gasteiger partial charge on any atom is -0.504 e. The second kappa shape index (κ2) is 5.00. The average molecular weight is 298 g/mol. The highest BCUT2D eigenvalue weighted by molar-refractivity contribution is 5.57. The van der Waals surface area contributed by atoms with Gasteiger partial charge < -0.3 is 20.3 Å². The number of nitrogens with one attached hydrogen (secondary N) is 1. The summed E-state index contributed by atoms with van der Waals surface area (Å²) in [6.45, 7) is 1.84. The molecule has 2 heterocycles. The number of methoxy groups -OCH3 is 1. The summed E-state index contributed by atoms with van der Waals surface area (Å²) in [5, 5.41) is 26.1. The van der Waals surface area contributed by atoms with Gasteiger partial charge in [0.15, 0.2) is 11.5 Å². The van der Waals surface area contributed by atoms with Crippen LogP contribution in [0.5, 0.6) is 17.4 Å². The number of aromatic amines is 1. The third kappa shape index (κ3) is 1.93. The Kier molecular flexibility index (Phi) is 3.14. The molecular formula is C15H14N4O3. The van der Waals surface area contributed by atoms with E-state index in [1.54, 1.807) is 12.1 Å². The van der Waals surface area contributed by atoms with E-state index in [0.29, 0.717) is 17.2 Å². The summed E-state index contributed by atoms with van der Waals surface area (Å²) < 4.78 is 10.5. The van der Waals surface area contributed by atoms with E-state index in [1.807, 2.05) is 6.92 Å². The van der Waals surface area contributed by atoms with Crippen LogP contribution in [-0.2, 0) is 0 Å². The number of benzene rings is 1. The number of aromatic hydroxyl groups is 1. The van der Waals surface area contributed by atoms with Crippen LogP contribution < -0.4 is 15.2 Å². The molecule has 7 heteroatoms.